The van der Waals surface area contributed by atoms with Crippen LogP contribution < -0.4 is 11.1 Å². The molecule has 4 nitrogen and oxygen atoms in total. The average Bonchev–Trinajstić information content (AvgIpc) is 2.47. The van der Waals surface area contributed by atoms with Gasteiger partial charge in [0.2, 0.25) is 5.91 Å². The minimum absolute atomic E-state index is 0.00285. The van der Waals surface area contributed by atoms with Gasteiger partial charge >= 0.3 is 0 Å². The van der Waals surface area contributed by atoms with Gasteiger partial charge in [0.05, 0.1) is 6.04 Å². The molecule has 2 rings (SSSR count). The maximum absolute atomic E-state index is 11.9. The van der Waals surface area contributed by atoms with E-state index < -0.39 is 0 Å². The van der Waals surface area contributed by atoms with Crippen LogP contribution in [0.15, 0.2) is 48.8 Å². The third-order valence-corrected chi connectivity index (χ3v) is 3.20. The van der Waals surface area contributed by atoms with Crippen molar-refractivity contribution in [2.75, 3.05) is 5.73 Å². The summed E-state index contributed by atoms with van der Waals surface area (Å²) in [6.45, 7) is 1.97. The highest BCUT2D eigenvalue weighted by molar-refractivity contribution is 5.76. The van der Waals surface area contributed by atoms with Crippen LogP contribution in [-0.4, -0.2) is 10.9 Å². The number of nitrogens with zero attached hydrogens (tertiary/aromatic N) is 1. The Labute approximate surface area is 119 Å². The fraction of sp³-hybridized carbons (Fsp3) is 0.250. The zero-order valence-corrected chi connectivity index (χ0v) is 11.5. The maximum atomic E-state index is 11.9. The number of benzene rings is 1. The number of aryl methyl sites for hydroxylation is 1. The van der Waals surface area contributed by atoms with Gasteiger partial charge in [-0.2, -0.15) is 0 Å². The lowest BCUT2D eigenvalue weighted by Gasteiger charge is -2.14. The molecular formula is C16H19N3O. The Morgan fingerprint density at radius 3 is 2.50 bits per heavy atom. The molecule has 1 amide bonds. The molecule has 0 aliphatic heterocycles. The van der Waals surface area contributed by atoms with Gasteiger partial charge in [-0.05, 0) is 48.7 Å². The molecule has 0 saturated carbocycles. The van der Waals surface area contributed by atoms with Crippen molar-refractivity contribution in [2.45, 2.75) is 25.8 Å². The summed E-state index contributed by atoms with van der Waals surface area (Å²) >= 11 is 0. The molecule has 3 N–H and O–H groups in total. The van der Waals surface area contributed by atoms with Crippen molar-refractivity contribution in [2.24, 2.45) is 0 Å². The molecule has 0 bridgehead atoms. The molecule has 20 heavy (non-hydrogen) atoms. The van der Waals surface area contributed by atoms with Gasteiger partial charge in [0.15, 0.2) is 0 Å². The topological polar surface area (TPSA) is 68.0 Å². The van der Waals surface area contributed by atoms with E-state index in [9.17, 15) is 4.79 Å². The second-order valence-corrected chi connectivity index (χ2v) is 4.81. The summed E-state index contributed by atoms with van der Waals surface area (Å²) in [6, 6.07) is 11.4. The highest BCUT2D eigenvalue weighted by Gasteiger charge is 2.09. The van der Waals surface area contributed by atoms with Crippen molar-refractivity contribution in [1.82, 2.24) is 10.3 Å². The van der Waals surface area contributed by atoms with E-state index in [1.807, 2.05) is 43.3 Å². The van der Waals surface area contributed by atoms with Crippen LogP contribution in [0, 0.1) is 0 Å². The van der Waals surface area contributed by atoms with E-state index >= 15 is 0 Å². The van der Waals surface area contributed by atoms with Crippen molar-refractivity contribution in [1.29, 1.82) is 0 Å². The largest absolute Gasteiger partial charge is 0.399 e. The number of nitrogen functional groups attached to an aromatic ring is 1. The van der Waals surface area contributed by atoms with E-state index in [-0.39, 0.29) is 11.9 Å². The van der Waals surface area contributed by atoms with Crippen LogP contribution in [0.1, 0.15) is 30.5 Å². The summed E-state index contributed by atoms with van der Waals surface area (Å²) in [4.78, 5) is 15.9. The van der Waals surface area contributed by atoms with Crippen LogP contribution in [0.4, 0.5) is 5.69 Å². The molecule has 0 unspecified atom stereocenters. The van der Waals surface area contributed by atoms with Gasteiger partial charge in [-0.3, -0.25) is 9.78 Å². The summed E-state index contributed by atoms with van der Waals surface area (Å²) in [6.07, 6.45) is 4.65. The molecule has 0 aliphatic rings. The fourth-order valence-electron chi connectivity index (χ4n) is 1.99. The first-order chi connectivity index (χ1) is 9.65. The zero-order valence-electron chi connectivity index (χ0n) is 11.5. The van der Waals surface area contributed by atoms with Crippen LogP contribution in [0.5, 0.6) is 0 Å². The van der Waals surface area contributed by atoms with Crippen LogP contribution in [0.3, 0.4) is 0 Å². The summed E-state index contributed by atoms with van der Waals surface area (Å²) in [7, 11) is 0. The van der Waals surface area contributed by atoms with Gasteiger partial charge < -0.3 is 11.1 Å². The normalized spacial score (nSPS) is 11.8. The molecule has 4 heteroatoms. The summed E-state index contributed by atoms with van der Waals surface area (Å²) in [5.41, 5.74) is 8.54. The van der Waals surface area contributed by atoms with Gasteiger partial charge in [0.25, 0.3) is 0 Å². The van der Waals surface area contributed by atoms with Gasteiger partial charge in [0.1, 0.15) is 0 Å². The molecule has 0 fully saturated rings. The van der Waals surface area contributed by atoms with Crippen molar-refractivity contribution in [3.8, 4) is 0 Å². The Hall–Kier alpha value is -2.36. The van der Waals surface area contributed by atoms with E-state index in [0.717, 1.165) is 23.2 Å². The third kappa shape index (κ3) is 4.09. The van der Waals surface area contributed by atoms with E-state index in [1.165, 1.54) is 0 Å². The monoisotopic (exact) mass is 269 g/mol. The summed E-state index contributed by atoms with van der Waals surface area (Å²) in [5.74, 6) is 0.0473. The first-order valence-electron chi connectivity index (χ1n) is 6.69. The predicted molar refractivity (Wildman–Crippen MR) is 80.0 cm³/mol. The molecule has 1 atom stereocenters. The second-order valence-electron chi connectivity index (χ2n) is 4.81. The lowest BCUT2D eigenvalue weighted by atomic mass is 10.1. The molecule has 1 aromatic heterocycles. The van der Waals surface area contributed by atoms with Crippen molar-refractivity contribution in [3.05, 3.63) is 59.9 Å². The van der Waals surface area contributed by atoms with Crippen LogP contribution in [-0.2, 0) is 11.2 Å². The minimum Gasteiger partial charge on any atom is -0.399 e. The zero-order chi connectivity index (χ0) is 14.4. The minimum atomic E-state index is -0.00285. The number of hydrogen-bond donors (Lipinski definition) is 2. The van der Waals surface area contributed by atoms with E-state index in [0.29, 0.717) is 6.42 Å². The number of rotatable bonds is 5. The molecule has 1 aromatic carbocycles. The smallest absolute Gasteiger partial charge is 0.220 e. The van der Waals surface area contributed by atoms with E-state index in [4.69, 9.17) is 5.73 Å². The summed E-state index contributed by atoms with van der Waals surface area (Å²) in [5, 5.41) is 2.99. The summed E-state index contributed by atoms with van der Waals surface area (Å²) < 4.78 is 0. The van der Waals surface area contributed by atoms with Crippen LogP contribution in [0.2, 0.25) is 0 Å². The van der Waals surface area contributed by atoms with Gasteiger partial charge in [-0.25, -0.2) is 0 Å². The Morgan fingerprint density at radius 1 is 1.20 bits per heavy atom. The van der Waals surface area contributed by atoms with Gasteiger partial charge in [-0.1, -0.05) is 12.1 Å². The van der Waals surface area contributed by atoms with Gasteiger partial charge in [-0.15, -0.1) is 0 Å². The molecule has 1 heterocycles. The van der Waals surface area contributed by atoms with Crippen molar-refractivity contribution in [3.63, 3.8) is 0 Å². The number of aromatic nitrogens is 1. The highest BCUT2D eigenvalue weighted by atomic mass is 16.1. The first-order valence-corrected chi connectivity index (χ1v) is 6.69. The average molecular weight is 269 g/mol. The number of nitrogens with one attached hydrogen (secondary N) is 1. The molecule has 0 aliphatic carbocycles. The van der Waals surface area contributed by atoms with Crippen LogP contribution >= 0.6 is 0 Å². The highest BCUT2D eigenvalue weighted by Crippen LogP contribution is 2.11. The molecule has 2 aromatic rings. The third-order valence-electron chi connectivity index (χ3n) is 3.20. The number of pyridine rings is 1. The molecule has 0 radical (unpaired) electrons. The Morgan fingerprint density at radius 2 is 1.85 bits per heavy atom. The first kappa shape index (κ1) is 14.1. The molecule has 104 valence electrons. The number of carbonyl (C=O) groups is 1. The Bertz CT molecular complexity index is 552. The lowest BCUT2D eigenvalue weighted by Crippen LogP contribution is -2.26. The van der Waals surface area contributed by atoms with E-state index in [1.54, 1.807) is 12.4 Å². The number of nitrogens with two attached hydrogens (primary N) is 1. The standard InChI is InChI=1S/C16H19N3O/c1-12(14-8-10-18-11-9-14)19-16(20)7-4-13-2-5-15(17)6-3-13/h2-3,5-6,8-12H,4,7,17H2,1H3,(H,19,20)/t12-/m1/s1. The molecule has 0 spiro atoms. The maximum Gasteiger partial charge on any atom is 0.220 e. The van der Waals surface area contributed by atoms with Crippen LogP contribution in [0.25, 0.3) is 0 Å². The van der Waals surface area contributed by atoms with E-state index in [2.05, 4.69) is 10.3 Å². The number of carbonyl (C=O) groups excluding carboxylic acids is 1. The van der Waals surface area contributed by atoms with Crippen molar-refractivity contribution >= 4 is 11.6 Å². The van der Waals surface area contributed by atoms with Crippen molar-refractivity contribution < 1.29 is 4.79 Å². The SMILES string of the molecule is C[C@@H](NC(=O)CCc1ccc(N)cc1)c1ccncc1. The lowest BCUT2D eigenvalue weighted by molar-refractivity contribution is -0.121. The van der Waals surface area contributed by atoms with Gasteiger partial charge in [0, 0.05) is 24.5 Å². The Balaban J connectivity index is 1.82. The quantitative estimate of drug-likeness (QED) is 0.819. The number of amides is 1. The number of anilines is 1. The second kappa shape index (κ2) is 6.70. The Kier molecular flexibility index (Phi) is 4.71. The molecular weight excluding hydrogens is 250 g/mol. The number of hydrogen-bond acceptors (Lipinski definition) is 3. The predicted octanol–water partition coefficient (Wildman–Crippen LogP) is 2.47. The fourth-order valence-corrected chi connectivity index (χ4v) is 1.99. The molecule has 0 saturated heterocycles.